The van der Waals surface area contributed by atoms with Gasteiger partial charge in [-0.15, -0.1) is 0 Å². The number of aromatic nitrogens is 2. The van der Waals surface area contributed by atoms with Crippen molar-refractivity contribution in [2.75, 3.05) is 5.32 Å². The van der Waals surface area contributed by atoms with Gasteiger partial charge in [0, 0.05) is 18.3 Å². The summed E-state index contributed by atoms with van der Waals surface area (Å²) in [6.07, 6.45) is 0.334. The number of hydrogen-bond acceptors (Lipinski definition) is 3. The number of imidazole rings is 1. The van der Waals surface area contributed by atoms with Gasteiger partial charge in [0.1, 0.15) is 11.5 Å². The minimum Gasteiger partial charge on any atom is -0.368 e. The molecular formula is C14H17F3N4. The zero-order chi connectivity index (χ0) is 15.0. The number of nitrogens with one attached hydrogen (secondary N) is 1. The first-order chi connectivity index (χ1) is 9.93. The van der Waals surface area contributed by atoms with Crippen molar-refractivity contribution in [1.82, 2.24) is 9.38 Å². The van der Waals surface area contributed by atoms with Crippen LogP contribution in [0.15, 0.2) is 24.4 Å². The summed E-state index contributed by atoms with van der Waals surface area (Å²) in [6, 6.07) is 5.52. The third-order valence-electron chi connectivity index (χ3n) is 3.91. The number of rotatable bonds is 2. The van der Waals surface area contributed by atoms with Gasteiger partial charge in [-0.2, -0.15) is 13.2 Å². The van der Waals surface area contributed by atoms with E-state index in [0.717, 1.165) is 31.9 Å². The molecule has 1 fully saturated rings. The zero-order valence-corrected chi connectivity index (χ0v) is 11.4. The lowest BCUT2D eigenvalue weighted by Gasteiger charge is -2.27. The SMILES string of the molecule is N[C@H]1CC[C@@H](Nc2cccc3nc(C(F)(F)F)cn23)CC1. The Bertz CT molecular complexity index is 627. The van der Waals surface area contributed by atoms with Crippen LogP contribution < -0.4 is 11.1 Å². The number of anilines is 1. The molecule has 114 valence electrons. The Morgan fingerprint density at radius 1 is 1.19 bits per heavy atom. The number of hydrogen-bond donors (Lipinski definition) is 2. The molecule has 0 spiro atoms. The van der Waals surface area contributed by atoms with Crippen LogP contribution in [-0.4, -0.2) is 21.5 Å². The number of alkyl halides is 3. The minimum atomic E-state index is -4.43. The lowest BCUT2D eigenvalue weighted by Crippen LogP contribution is -2.33. The van der Waals surface area contributed by atoms with E-state index in [0.29, 0.717) is 11.5 Å². The van der Waals surface area contributed by atoms with Gasteiger partial charge >= 0.3 is 6.18 Å². The Hall–Kier alpha value is -1.76. The third kappa shape index (κ3) is 2.97. The Labute approximate surface area is 120 Å². The smallest absolute Gasteiger partial charge is 0.368 e. The molecule has 4 nitrogen and oxygen atoms in total. The largest absolute Gasteiger partial charge is 0.434 e. The van der Waals surface area contributed by atoms with Gasteiger partial charge in [-0.25, -0.2) is 4.98 Å². The average molecular weight is 298 g/mol. The zero-order valence-electron chi connectivity index (χ0n) is 11.4. The van der Waals surface area contributed by atoms with E-state index < -0.39 is 11.9 Å². The first-order valence-electron chi connectivity index (χ1n) is 7.01. The maximum atomic E-state index is 12.7. The number of nitrogens with two attached hydrogens (primary N) is 1. The Kier molecular flexibility index (Phi) is 3.52. The second-order valence-corrected chi connectivity index (χ2v) is 5.52. The minimum absolute atomic E-state index is 0.240. The number of nitrogens with zero attached hydrogens (tertiary/aromatic N) is 2. The average Bonchev–Trinajstić information content (AvgIpc) is 2.86. The van der Waals surface area contributed by atoms with Gasteiger partial charge < -0.3 is 11.1 Å². The number of pyridine rings is 1. The molecule has 1 saturated carbocycles. The molecule has 1 aliphatic rings. The highest BCUT2D eigenvalue weighted by atomic mass is 19.4. The normalized spacial score (nSPS) is 23.4. The van der Waals surface area contributed by atoms with Crippen LogP contribution in [0.2, 0.25) is 0 Å². The molecule has 2 aromatic heterocycles. The van der Waals surface area contributed by atoms with Gasteiger partial charge in [-0.3, -0.25) is 4.40 Å². The molecule has 0 atom stereocenters. The highest BCUT2D eigenvalue weighted by Crippen LogP contribution is 2.30. The molecule has 3 rings (SSSR count). The summed E-state index contributed by atoms with van der Waals surface area (Å²) in [5.41, 5.74) is 5.28. The van der Waals surface area contributed by atoms with Crippen LogP contribution in [0.25, 0.3) is 5.65 Å². The van der Waals surface area contributed by atoms with Crippen LogP contribution in [0, 0.1) is 0 Å². The van der Waals surface area contributed by atoms with Crippen LogP contribution in [-0.2, 0) is 6.18 Å². The molecule has 0 bridgehead atoms. The fraction of sp³-hybridized carbons (Fsp3) is 0.500. The molecule has 7 heteroatoms. The Morgan fingerprint density at radius 2 is 1.90 bits per heavy atom. The van der Waals surface area contributed by atoms with Crippen LogP contribution in [0.4, 0.5) is 19.0 Å². The van der Waals surface area contributed by atoms with E-state index in [1.54, 1.807) is 18.2 Å². The lowest BCUT2D eigenvalue weighted by atomic mass is 9.92. The van der Waals surface area contributed by atoms with Crippen molar-refractivity contribution in [2.45, 2.75) is 43.9 Å². The summed E-state index contributed by atoms with van der Waals surface area (Å²) >= 11 is 0. The molecule has 0 amide bonds. The summed E-state index contributed by atoms with van der Waals surface area (Å²) < 4.78 is 39.7. The Balaban J connectivity index is 1.86. The van der Waals surface area contributed by atoms with Gasteiger partial charge in [-0.05, 0) is 37.8 Å². The van der Waals surface area contributed by atoms with Crippen LogP contribution in [0.1, 0.15) is 31.4 Å². The molecule has 2 aromatic rings. The number of halogens is 3. The summed E-state index contributed by atoms with van der Waals surface area (Å²) in [5.74, 6) is 0.635. The highest BCUT2D eigenvalue weighted by Gasteiger charge is 2.34. The van der Waals surface area contributed by atoms with Crippen LogP contribution >= 0.6 is 0 Å². The predicted octanol–water partition coefficient (Wildman–Crippen LogP) is 3.03. The molecule has 0 saturated heterocycles. The van der Waals surface area contributed by atoms with E-state index in [2.05, 4.69) is 10.3 Å². The molecule has 2 heterocycles. The third-order valence-corrected chi connectivity index (χ3v) is 3.91. The van der Waals surface area contributed by atoms with Crippen molar-refractivity contribution in [1.29, 1.82) is 0 Å². The molecule has 21 heavy (non-hydrogen) atoms. The van der Waals surface area contributed by atoms with Crippen molar-refractivity contribution >= 4 is 11.5 Å². The van der Waals surface area contributed by atoms with Gasteiger partial charge in [0.2, 0.25) is 0 Å². The van der Waals surface area contributed by atoms with Crippen molar-refractivity contribution in [3.05, 3.63) is 30.1 Å². The lowest BCUT2D eigenvalue weighted by molar-refractivity contribution is -0.140. The predicted molar refractivity (Wildman–Crippen MR) is 74.0 cm³/mol. The molecule has 0 unspecified atom stereocenters. The van der Waals surface area contributed by atoms with Crippen LogP contribution in [0.3, 0.4) is 0 Å². The van der Waals surface area contributed by atoms with E-state index in [-0.39, 0.29) is 12.1 Å². The van der Waals surface area contributed by atoms with Crippen LogP contribution in [0.5, 0.6) is 0 Å². The summed E-state index contributed by atoms with van der Waals surface area (Å²) in [4.78, 5) is 3.63. The first-order valence-corrected chi connectivity index (χ1v) is 7.01. The van der Waals surface area contributed by atoms with Gasteiger partial charge in [0.25, 0.3) is 0 Å². The first kappa shape index (κ1) is 14.2. The molecule has 3 N–H and O–H groups in total. The summed E-state index contributed by atoms with van der Waals surface area (Å²) in [7, 11) is 0. The molecule has 1 aliphatic carbocycles. The second kappa shape index (κ2) is 5.22. The van der Waals surface area contributed by atoms with E-state index in [9.17, 15) is 13.2 Å². The standard InChI is InChI=1S/C14H17F3N4/c15-14(16,17)11-8-21-12(2-1-3-13(21)20-11)19-10-6-4-9(18)5-7-10/h1-3,8-10,19H,4-7,18H2/t9-,10+. The van der Waals surface area contributed by atoms with Gasteiger partial charge in [-0.1, -0.05) is 6.07 Å². The van der Waals surface area contributed by atoms with E-state index in [4.69, 9.17) is 5.73 Å². The van der Waals surface area contributed by atoms with Crippen molar-refractivity contribution < 1.29 is 13.2 Å². The quantitative estimate of drug-likeness (QED) is 0.896. The molecular weight excluding hydrogens is 281 g/mol. The summed E-state index contributed by atoms with van der Waals surface area (Å²) in [5, 5.41) is 3.31. The van der Waals surface area contributed by atoms with E-state index in [1.165, 1.54) is 4.40 Å². The molecule has 0 aromatic carbocycles. The topological polar surface area (TPSA) is 55.3 Å². The van der Waals surface area contributed by atoms with Crippen molar-refractivity contribution in [2.24, 2.45) is 5.73 Å². The maximum absolute atomic E-state index is 12.7. The fourth-order valence-corrected chi connectivity index (χ4v) is 2.74. The maximum Gasteiger partial charge on any atom is 0.434 e. The fourth-order valence-electron chi connectivity index (χ4n) is 2.74. The van der Waals surface area contributed by atoms with E-state index >= 15 is 0 Å². The molecule has 0 radical (unpaired) electrons. The monoisotopic (exact) mass is 298 g/mol. The van der Waals surface area contributed by atoms with Crippen molar-refractivity contribution in [3.8, 4) is 0 Å². The summed E-state index contributed by atoms with van der Waals surface area (Å²) in [6.45, 7) is 0. The Morgan fingerprint density at radius 3 is 2.57 bits per heavy atom. The van der Waals surface area contributed by atoms with Gasteiger partial charge in [0.15, 0.2) is 5.69 Å². The number of fused-ring (bicyclic) bond motifs is 1. The second-order valence-electron chi connectivity index (χ2n) is 5.52. The molecule has 0 aliphatic heterocycles. The highest BCUT2D eigenvalue weighted by molar-refractivity contribution is 5.51. The van der Waals surface area contributed by atoms with Crippen molar-refractivity contribution in [3.63, 3.8) is 0 Å². The van der Waals surface area contributed by atoms with Gasteiger partial charge in [0.05, 0.1) is 0 Å². The van der Waals surface area contributed by atoms with E-state index in [1.807, 2.05) is 0 Å².